The zero-order valence-electron chi connectivity index (χ0n) is 11.4. The highest BCUT2D eigenvalue weighted by atomic mass is 16.5. The molecule has 2 atom stereocenters. The fourth-order valence-electron chi connectivity index (χ4n) is 3.93. The van der Waals surface area contributed by atoms with Gasteiger partial charge in [-0.15, -0.1) is 0 Å². The van der Waals surface area contributed by atoms with Crippen molar-refractivity contribution in [1.29, 1.82) is 0 Å². The summed E-state index contributed by atoms with van der Waals surface area (Å²) in [4.78, 5) is 14.8. The van der Waals surface area contributed by atoms with Crippen molar-refractivity contribution in [3.05, 3.63) is 34.9 Å². The molecule has 20 heavy (non-hydrogen) atoms. The molecule has 1 amide bonds. The summed E-state index contributed by atoms with van der Waals surface area (Å²) in [5.74, 6) is 0.124. The first kappa shape index (κ1) is 12.4. The zero-order chi connectivity index (χ0) is 13.7. The average Bonchev–Trinajstić information content (AvgIpc) is 3.00. The summed E-state index contributed by atoms with van der Waals surface area (Å²) in [7, 11) is 0. The summed E-state index contributed by atoms with van der Waals surface area (Å²) >= 11 is 0. The lowest BCUT2D eigenvalue weighted by Gasteiger charge is -2.37. The smallest absolute Gasteiger partial charge is 0.254 e. The molecule has 4 heteroatoms. The van der Waals surface area contributed by atoms with Crippen molar-refractivity contribution in [3.8, 4) is 0 Å². The van der Waals surface area contributed by atoms with Gasteiger partial charge in [0.2, 0.25) is 0 Å². The molecule has 0 radical (unpaired) electrons. The highest BCUT2D eigenvalue weighted by Gasteiger charge is 2.42. The molecule has 0 saturated carbocycles. The maximum absolute atomic E-state index is 12.8. The van der Waals surface area contributed by atoms with E-state index in [4.69, 9.17) is 4.74 Å². The molecule has 4 nitrogen and oxygen atoms in total. The molecule has 1 aromatic carbocycles. The number of carbonyl (C=O) groups is 1. The van der Waals surface area contributed by atoms with Crippen molar-refractivity contribution in [2.75, 3.05) is 0 Å². The molecule has 2 saturated heterocycles. The molecular formula is C16H19NO3. The Kier molecular flexibility index (Phi) is 2.82. The quantitative estimate of drug-likeness (QED) is 0.849. The summed E-state index contributed by atoms with van der Waals surface area (Å²) in [5.41, 5.74) is 3.10. The van der Waals surface area contributed by atoms with Crippen molar-refractivity contribution in [1.82, 2.24) is 4.90 Å². The van der Waals surface area contributed by atoms with Gasteiger partial charge >= 0.3 is 0 Å². The van der Waals surface area contributed by atoms with Crippen molar-refractivity contribution < 1.29 is 14.6 Å². The third-order valence-corrected chi connectivity index (χ3v) is 4.91. The molecule has 0 aromatic heterocycles. The van der Waals surface area contributed by atoms with Gasteiger partial charge in [0, 0.05) is 17.6 Å². The van der Waals surface area contributed by atoms with Crippen molar-refractivity contribution in [3.63, 3.8) is 0 Å². The average molecular weight is 273 g/mol. The Labute approximate surface area is 118 Å². The molecule has 2 unspecified atom stereocenters. The Bertz CT molecular complexity index is 543. The van der Waals surface area contributed by atoms with E-state index in [0.29, 0.717) is 13.2 Å². The number of hydrogen-bond donors (Lipinski definition) is 1. The van der Waals surface area contributed by atoms with Gasteiger partial charge in [-0.3, -0.25) is 4.79 Å². The minimum Gasteiger partial charge on any atom is -0.393 e. The number of rotatable bonds is 1. The normalized spacial score (nSPS) is 31.4. The predicted molar refractivity (Wildman–Crippen MR) is 73.2 cm³/mol. The summed E-state index contributed by atoms with van der Waals surface area (Å²) in [6.07, 6.45) is 3.29. The second-order valence-electron chi connectivity index (χ2n) is 6.20. The largest absolute Gasteiger partial charge is 0.393 e. The van der Waals surface area contributed by atoms with Crippen LogP contribution in [0.15, 0.2) is 18.2 Å². The number of aliphatic hydroxyl groups excluding tert-OH is 1. The highest BCUT2D eigenvalue weighted by Crippen LogP contribution is 2.37. The molecule has 1 aromatic rings. The highest BCUT2D eigenvalue weighted by molar-refractivity contribution is 5.95. The number of hydrogen-bond acceptors (Lipinski definition) is 3. The van der Waals surface area contributed by atoms with E-state index in [9.17, 15) is 9.90 Å². The summed E-state index contributed by atoms with van der Waals surface area (Å²) in [6.45, 7) is 1.27. The predicted octanol–water partition coefficient (Wildman–Crippen LogP) is 1.84. The monoisotopic (exact) mass is 273 g/mol. The van der Waals surface area contributed by atoms with Gasteiger partial charge in [0.1, 0.15) is 0 Å². The first-order valence-corrected chi connectivity index (χ1v) is 7.42. The van der Waals surface area contributed by atoms with E-state index in [0.717, 1.165) is 36.8 Å². The number of fused-ring (bicyclic) bond motifs is 3. The van der Waals surface area contributed by atoms with E-state index in [1.54, 1.807) is 0 Å². The van der Waals surface area contributed by atoms with Crippen LogP contribution in [0, 0.1) is 0 Å². The van der Waals surface area contributed by atoms with Crippen LogP contribution < -0.4 is 0 Å². The SMILES string of the molecule is O=C(c1ccc2c(c1)COC2)N1C2CCC1CC(O)C2. The lowest BCUT2D eigenvalue weighted by atomic mass is 9.98. The van der Waals surface area contributed by atoms with Crippen LogP contribution in [0.3, 0.4) is 0 Å². The molecule has 0 spiro atoms. The van der Waals surface area contributed by atoms with E-state index in [1.807, 2.05) is 23.1 Å². The minimum atomic E-state index is -0.232. The minimum absolute atomic E-state index is 0.124. The lowest BCUT2D eigenvalue weighted by Crippen LogP contribution is -2.48. The van der Waals surface area contributed by atoms with Gasteiger partial charge in [0.25, 0.3) is 5.91 Å². The third-order valence-electron chi connectivity index (χ3n) is 4.91. The van der Waals surface area contributed by atoms with Crippen molar-refractivity contribution >= 4 is 5.91 Å². The van der Waals surface area contributed by atoms with Crippen LogP contribution in [0.2, 0.25) is 0 Å². The van der Waals surface area contributed by atoms with Gasteiger partial charge in [0.05, 0.1) is 19.3 Å². The first-order chi connectivity index (χ1) is 9.72. The lowest BCUT2D eigenvalue weighted by molar-refractivity contribution is 0.0287. The molecule has 1 N–H and O–H groups in total. The third kappa shape index (κ3) is 1.86. The van der Waals surface area contributed by atoms with E-state index >= 15 is 0 Å². The topological polar surface area (TPSA) is 49.8 Å². The van der Waals surface area contributed by atoms with Gasteiger partial charge < -0.3 is 14.7 Å². The van der Waals surface area contributed by atoms with E-state index < -0.39 is 0 Å². The Morgan fingerprint density at radius 2 is 1.85 bits per heavy atom. The summed E-state index contributed by atoms with van der Waals surface area (Å²) in [6, 6.07) is 6.35. The number of nitrogens with zero attached hydrogens (tertiary/aromatic N) is 1. The molecule has 3 heterocycles. The number of ether oxygens (including phenoxy) is 1. The van der Waals surface area contributed by atoms with E-state index in [-0.39, 0.29) is 24.1 Å². The standard InChI is InChI=1S/C16H19NO3/c18-15-6-13-3-4-14(7-15)17(13)16(19)10-1-2-11-8-20-9-12(11)5-10/h1-2,5,13-15,18H,3-4,6-9H2. The van der Waals surface area contributed by atoms with Crippen LogP contribution in [0.5, 0.6) is 0 Å². The summed E-state index contributed by atoms with van der Waals surface area (Å²) in [5, 5.41) is 9.83. The number of amides is 1. The molecule has 0 aliphatic carbocycles. The van der Waals surface area contributed by atoms with Crippen LogP contribution in [0.25, 0.3) is 0 Å². The maximum Gasteiger partial charge on any atom is 0.254 e. The van der Waals surface area contributed by atoms with Gasteiger partial charge in [-0.1, -0.05) is 6.07 Å². The number of carbonyl (C=O) groups excluding carboxylic acids is 1. The molecule has 4 rings (SSSR count). The van der Waals surface area contributed by atoms with Crippen LogP contribution in [-0.4, -0.2) is 34.1 Å². The van der Waals surface area contributed by atoms with Crippen LogP contribution >= 0.6 is 0 Å². The van der Waals surface area contributed by atoms with Gasteiger partial charge in [0.15, 0.2) is 0 Å². The second-order valence-corrected chi connectivity index (χ2v) is 6.20. The number of aliphatic hydroxyl groups is 1. The first-order valence-electron chi connectivity index (χ1n) is 7.42. The zero-order valence-corrected chi connectivity index (χ0v) is 11.4. The molecule has 2 bridgehead atoms. The molecule has 3 aliphatic rings. The Morgan fingerprint density at radius 3 is 2.60 bits per heavy atom. The molecule has 2 fully saturated rings. The van der Waals surface area contributed by atoms with Crippen molar-refractivity contribution in [2.45, 2.75) is 57.1 Å². The van der Waals surface area contributed by atoms with Crippen LogP contribution in [0.1, 0.15) is 47.2 Å². The number of piperidine rings is 1. The fraction of sp³-hybridized carbons (Fsp3) is 0.562. The van der Waals surface area contributed by atoms with Gasteiger partial charge in [-0.2, -0.15) is 0 Å². The van der Waals surface area contributed by atoms with Crippen LogP contribution in [0.4, 0.5) is 0 Å². The Balaban J connectivity index is 1.61. The molecular weight excluding hydrogens is 254 g/mol. The van der Waals surface area contributed by atoms with Gasteiger partial charge in [-0.05, 0) is 48.9 Å². The molecule has 3 aliphatic heterocycles. The van der Waals surface area contributed by atoms with Crippen molar-refractivity contribution in [2.24, 2.45) is 0 Å². The Morgan fingerprint density at radius 1 is 1.15 bits per heavy atom. The van der Waals surface area contributed by atoms with E-state index in [2.05, 4.69) is 0 Å². The van der Waals surface area contributed by atoms with Crippen LogP contribution in [-0.2, 0) is 18.0 Å². The Hall–Kier alpha value is -1.39. The van der Waals surface area contributed by atoms with E-state index in [1.165, 1.54) is 5.56 Å². The number of benzene rings is 1. The summed E-state index contributed by atoms with van der Waals surface area (Å²) < 4.78 is 5.41. The maximum atomic E-state index is 12.8. The van der Waals surface area contributed by atoms with Gasteiger partial charge in [-0.25, -0.2) is 0 Å². The molecule has 106 valence electrons. The second kappa shape index (κ2) is 4.57. The fourth-order valence-corrected chi connectivity index (χ4v) is 3.93.